The molecular weight excluding hydrogens is 164 g/mol. The summed E-state index contributed by atoms with van der Waals surface area (Å²) in [6.07, 6.45) is 4.76. The summed E-state index contributed by atoms with van der Waals surface area (Å²) in [5, 5.41) is 0. The lowest BCUT2D eigenvalue weighted by Gasteiger charge is -2.13. The highest BCUT2D eigenvalue weighted by atomic mass is 16.1. The van der Waals surface area contributed by atoms with Crippen LogP contribution in [-0.2, 0) is 9.59 Å². The number of allylic oxidation sites excluding steroid dienone is 6. The highest BCUT2D eigenvalue weighted by Crippen LogP contribution is 2.22. The molecule has 0 bridgehead atoms. The van der Waals surface area contributed by atoms with Gasteiger partial charge in [-0.3, -0.25) is 9.59 Å². The first kappa shape index (κ1) is 9.65. The number of Topliss-reactive ketones (excluding diaryl/α,β-unsaturated/α-hetero) is 1. The Morgan fingerprint density at radius 3 is 2.08 bits per heavy atom. The van der Waals surface area contributed by atoms with Crippen LogP contribution < -0.4 is 0 Å². The van der Waals surface area contributed by atoms with Gasteiger partial charge in [-0.05, 0) is 26.8 Å². The van der Waals surface area contributed by atoms with Crippen molar-refractivity contribution in [3.05, 3.63) is 34.9 Å². The quantitative estimate of drug-likeness (QED) is 0.529. The third-order valence-electron chi connectivity index (χ3n) is 2.08. The van der Waals surface area contributed by atoms with E-state index in [1.807, 2.05) is 0 Å². The Labute approximate surface area is 77.6 Å². The third-order valence-corrected chi connectivity index (χ3v) is 2.08. The van der Waals surface area contributed by atoms with Crippen LogP contribution in [0.5, 0.6) is 0 Å². The number of hydrogen-bond acceptors (Lipinski definition) is 2. The van der Waals surface area contributed by atoms with Crippen LogP contribution in [0, 0.1) is 0 Å². The van der Waals surface area contributed by atoms with Crippen LogP contribution in [0.1, 0.15) is 20.8 Å². The fraction of sp³-hybridized carbons (Fsp3) is 0.273. The van der Waals surface area contributed by atoms with Crippen LogP contribution in [0.4, 0.5) is 0 Å². The van der Waals surface area contributed by atoms with Crippen LogP contribution in [-0.4, -0.2) is 11.6 Å². The fourth-order valence-corrected chi connectivity index (χ4v) is 1.39. The Hall–Kier alpha value is -1.44. The van der Waals surface area contributed by atoms with E-state index in [4.69, 9.17) is 0 Å². The molecule has 0 spiro atoms. The zero-order valence-corrected chi connectivity index (χ0v) is 8.05. The highest BCUT2D eigenvalue weighted by molar-refractivity contribution is 6.26. The van der Waals surface area contributed by atoms with Gasteiger partial charge in [0.05, 0.1) is 0 Å². The summed E-state index contributed by atoms with van der Waals surface area (Å²) in [5.74, 6) is -0.122. The van der Waals surface area contributed by atoms with E-state index in [0.717, 1.165) is 0 Å². The topological polar surface area (TPSA) is 34.1 Å². The Morgan fingerprint density at radius 2 is 1.62 bits per heavy atom. The maximum absolute atomic E-state index is 11.5. The number of carbonyl (C=O) groups excluding carboxylic acids is 2. The predicted octanol–water partition coefficient (Wildman–Crippen LogP) is 1.98. The monoisotopic (exact) mass is 176 g/mol. The van der Waals surface area contributed by atoms with E-state index in [2.05, 4.69) is 0 Å². The lowest BCUT2D eigenvalue weighted by molar-refractivity contribution is -0.116. The number of hydrogen-bond donors (Lipinski definition) is 0. The van der Waals surface area contributed by atoms with Crippen molar-refractivity contribution < 1.29 is 9.59 Å². The summed E-state index contributed by atoms with van der Waals surface area (Å²) in [4.78, 5) is 23.0. The highest BCUT2D eigenvalue weighted by Gasteiger charge is 2.24. The summed E-state index contributed by atoms with van der Waals surface area (Å²) in [6, 6.07) is 0. The molecule has 13 heavy (non-hydrogen) atoms. The zero-order chi connectivity index (χ0) is 10.0. The zero-order valence-electron chi connectivity index (χ0n) is 8.05. The van der Waals surface area contributed by atoms with Crippen LogP contribution in [0.15, 0.2) is 34.9 Å². The average Bonchev–Trinajstić information content (AvgIpc) is 2.10. The SMILES string of the molecule is C/C=C1/C(=O)C=C(C)C(=O)/C1=C/C. The molecule has 0 aliphatic heterocycles. The molecule has 0 saturated carbocycles. The van der Waals surface area contributed by atoms with Crippen molar-refractivity contribution >= 4 is 11.6 Å². The minimum atomic E-state index is -0.0762. The van der Waals surface area contributed by atoms with Crippen LogP contribution in [0.25, 0.3) is 0 Å². The second kappa shape index (κ2) is 3.52. The van der Waals surface area contributed by atoms with Crippen molar-refractivity contribution in [3.8, 4) is 0 Å². The van der Waals surface area contributed by atoms with Gasteiger partial charge in [-0.15, -0.1) is 0 Å². The largest absolute Gasteiger partial charge is 0.289 e. The molecule has 0 radical (unpaired) electrons. The second-order valence-electron chi connectivity index (χ2n) is 2.93. The summed E-state index contributed by atoms with van der Waals surface area (Å²) in [6.45, 7) is 5.19. The Bertz CT molecular complexity index is 354. The summed E-state index contributed by atoms with van der Waals surface area (Å²) < 4.78 is 0. The number of ketones is 2. The standard InChI is InChI=1S/C11H12O2/c1-4-8-9(5-2)11(13)7(3)6-10(8)12/h4-6H,1-3H3/b8-4+,9-5+. The van der Waals surface area contributed by atoms with Crippen molar-refractivity contribution in [2.45, 2.75) is 20.8 Å². The van der Waals surface area contributed by atoms with Crippen LogP contribution >= 0.6 is 0 Å². The van der Waals surface area contributed by atoms with Crippen molar-refractivity contribution in [2.24, 2.45) is 0 Å². The van der Waals surface area contributed by atoms with Crippen molar-refractivity contribution in [1.82, 2.24) is 0 Å². The van der Waals surface area contributed by atoms with Crippen molar-refractivity contribution in [3.63, 3.8) is 0 Å². The van der Waals surface area contributed by atoms with Gasteiger partial charge >= 0.3 is 0 Å². The molecule has 1 aliphatic rings. The van der Waals surface area contributed by atoms with E-state index < -0.39 is 0 Å². The lowest BCUT2D eigenvalue weighted by Crippen LogP contribution is -2.18. The summed E-state index contributed by atoms with van der Waals surface area (Å²) in [5.41, 5.74) is 1.55. The minimum Gasteiger partial charge on any atom is -0.289 e. The molecule has 0 aromatic carbocycles. The first-order valence-electron chi connectivity index (χ1n) is 4.22. The molecule has 0 fully saturated rings. The third kappa shape index (κ3) is 1.52. The van der Waals surface area contributed by atoms with Gasteiger partial charge in [-0.25, -0.2) is 0 Å². The van der Waals surface area contributed by atoms with Gasteiger partial charge < -0.3 is 0 Å². The van der Waals surface area contributed by atoms with Crippen molar-refractivity contribution in [1.29, 1.82) is 0 Å². The smallest absolute Gasteiger partial charge is 0.189 e. The Morgan fingerprint density at radius 1 is 1.08 bits per heavy atom. The molecule has 0 aromatic rings. The molecule has 0 saturated heterocycles. The second-order valence-corrected chi connectivity index (χ2v) is 2.93. The summed E-state index contributed by atoms with van der Waals surface area (Å²) in [7, 11) is 0. The van der Waals surface area contributed by atoms with E-state index in [0.29, 0.717) is 16.7 Å². The molecule has 0 atom stereocenters. The predicted molar refractivity (Wildman–Crippen MR) is 51.3 cm³/mol. The maximum atomic E-state index is 11.5. The summed E-state index contributed by atoms with van der Waals surface area (Å²) >= 11 is 0. The van der Waals surface area contributed by atoms with Gasteiger partial charge in [0.1, 0.15) is 0 Å². The number of carbonyl (C=O) groups is 2. The first-order valence-corrected chi connectivity index (χ1v) is 4.22. The molecule has 0 amide bonds. The van der Waals surface area contributed by atoms with E-state index >= 15 is 0 Å². The van der Waals surface area contributed by atoms with Gasteiger partial charge in [-0.1, -0.05) is 12.2 Å². The molecule has 0 N–H and O–H groups in total. The van der Waals surface area contributed by atoms with Gasteiger partial charge in [0, 0.05) is 16.7 Å². The molecule has 0 heterocycles. The lowest BCUT2D eigenvalue weighted by atomic mass is 9.88. The van der Waals surface area contributed by atoms with E-state index in [1.165, 1.54) is 6.08 Å². The normalized spacial score (nSPS) is 24.1. The van der Waals surface area contributed by atoms with E-state index in [-0.39, 0.29) is 11.6 Å². The minimum absolute atomic E-state index is 0.0461. The van der Waals surface area contributed by atoms with E-state index in [1.54, 1.807) is 32.9 Å². The molecule has 0 unspecified atom stereocenters. The van der Waals surface area contributed by atoms with Gasteiger partial charge in [0.2, 0.25) is 0 Å². The molecule has 68 valence electrons. The molecular formula is C11H12O2. The first-order chi connectivity index (χ1) is 6.11. The van der Waals surface area contributed by atoms with Gasteiger partial charge in [0.15, 0.2) is 11.6 Å². The maximum Gasteiger partial charge on any atom is 0.189 e. The molecule has 0 aromatic heterocycles. The van der Waals surface area contributed by atoms with Crippen LogP contribution in [0.3, 0.4) is 0 Å². The average molecular weight is 176 g/mol. The van der Waals surface area contributed by atoms with Crippen LogP contribution in [0.2, 0.25) is 0 Å². The van der Waals surface area contributed by atoms with E-state index in [9.17, 15) is 9.59 Å². The van der Waals surface area contributed by atoms with Gasteiger partial charge in [0.25, 0.3) is 0 Å². The molecule has 1 rings (SSSR count). The molecule has 2 heteroatoms. The van der Waals surface area contributed by atoms with Crippen molar-refractivity contribution in [2.75, 3.05) is 0 Å². The number of rotatable bonds is 0. The Balaban J connectivity index is 3.33. The Kier molecular flexibility index (Phi) is 2.61. The molecule has 2 nitrogen and oxygen atoms in total. The molecule has 1 aliphatic carbocycles. The van der Waals surface area contributed by atoms with Gasteiger partial charge in [-0.2, -0.15) is 0 Å². The fourth-order valence-electron chi connectivity index (χ4n) is 1.39.